The second-order valence-electron chi connectivity index (χ2n) is 8.13. The first-order valence-electron chi connectivity index (χ1n) is 8.85. The predicted molar refractivity (Wildman–Crippen MR) is 76.3 cm³/mol. The molecule has 4 bridgehead atoms. The Balaban J connectivity index is 1.51. The second kappa shape index (κ2) is 4.53. The molecule has 0 aromatic rings. The standard InChI is InChI=1S/C18H30/c1-2-3-16(17-10-12-4-6-14(17)8-12)18-11-13-5-7-15(18)9-13/h12-18H,2-11H2,1H3. The van der Waals surface area contributed by atoms with Gasteiger partial charge >= 0.3 is 0 Å². The van der Waals surface area contributed by atoms with E-state index in [0.717, 1.165) is 41.4 Å². The zero-order chi connectivity index (χ0) is 12.1. The van der Waals surface area contributed by atoms with Gasteiger partial charge < -0.3 is 0 Å². The molecule has 0 saturated heterocycles. The molecule has 0 nitrogen and oxygen atoms in total. The first kappa shape index (κ1) is 11.8. The van der Waals surface area contributed by atoms with E-state index in [-0.39, 0.29) is 0 Å². The summed E-state index contributed by atoms with van der Waals surface area (Å²) >= 11 is 0. The maximum atomic E-state index is 2.42. The highest BCUT2D eigenvalue weighted by atomic mass is 14.5. The minimum atomic E-state index is 1.14. The van der Waals surface area contributed by atoms with Gasteiger partial charge in [0, 0.05) is 0 Å². The quantitative estimate of drug-likeness (QED) is 0.633. The normalized spacial score (nSPS) is 51.2. The molecular formula is C18H30. The van der Waals surface area contributed by atoms with E-state index >= 15 is 0 Å². The van der Waals surface area contributed by atoms with Gasteiger partial charge in [0.05, 0.1) is 0 Å². The number of fused-ring (bicyclic) bond motifs is 4. The SMILES string of the molecule is CCCC(C1CC2CCC1C2)C1CC2CCC1C2. The van der Waals surface area contributed by atoms with Crippen LogP contribution in [0.4, 0.5) is 0 Å². The molecule has 6 unspecified atom stereocenters. The second-order valence-corrected chi connectivity index (χ2v) is 8.13. The van der Waals surface area contributed by atoms with Crippen LogP contribution in [0.1, 0.15) is 71.1 Å². The van der Waals surface area contributed by atoms with E-state index in [9.17, 15) is 0 Å². The summed E-state index contributed by atoms with van der Waals surface area (Å²) in [6.07, 6.45) is 15.8. The van der Waals surface area contributed by atoms with Gasteiger partial charge in [0.25, 0.3) is 0 Å². The lowest BCUT2D eigenvalue weighted by molar-refractivity contribution is 0.111. The number of rotatable bonds is 4. The van der Waals surface area contributed by atoms with Gasteiger partial charge in [-0.25, -0.2) is 0 Å². The van der Waals surface area contributed by atoms with Crippen molar-refractivity contribution in [3.8, 4) is 0 Å². The highest BCUT2D eigenvalue weighted by molar-refractivity contribution is 4.99. The molecule has 4 aliphatic rings. The molecule has 4 aliphatic carbocycles. The largest absolute Gasteiger partial charge is 0.0654 e. The van der Waals surface area contributed by atoms with E-state index in [1.165, 1.54) is 6.42 Å². The molecule has 0 N–H and O–H groups in total. The van der Waals surface area contributed by atoms with Crippen LogP contribution < -0.4 is 0 Å². The summed E-state index contributed by atoms with van der Waals surface area (Å²) in [5, 5.41) is 0. The molecule has 102 valence electrons. The van der Waals surface area contributed by atoms with Gasteiger partial charge in [-0.3, -0.25) is 0 Å². The van der Waals surface area contributed by atoms with Crippen LogP contribution in [0.25, 0.3) is 0 Å². The molecule has 4 fully saturated rings. The Kier molecular flexibility index (Phi) is 2.97. The van der Waals surface area contributed by atoms with Crippen molar-refractivity contribution in [3.05, 3.63) is 0 Å². The first-order valence-corrected chi connectivity index (χ1v) is 8.85. The molecule has 0 radical (unpaired) electrons. The van der Waals surface area contributed by atoms with Gasteiger partial charge in [-0.2, -0.15) is 0 Å². The van der Waals surface area contributed by atoms with Gasteiger partial charge in [0.15, 0.2) is 0 Å². The third kappa shape index (κ3) is 1.78. The lowest BCUT2D eigenvalue weighted by Crippen LogP contribution is -2.30. The lowest BCUT2D eigenvalue weighted by Gasteiger charge is -2.38. The van der Waals surface area contributed by atoms with Crippen molar-refractivity contribution in [1.82, 2.24) is 0 Å². The molecule has 0 aliphatic heterocycles. The smallest absolute Gasteiger partial charge is 0.0352 e. The fourth-order valence-electron chi connectivity index (χ4n) is 6.72. The van der Waals surface area contributed by atoms with Crippen molar-refractivity contribution in [2.24, 2.45) is 41.4 Å². The third-order valence-electron chi connectivity index (χ3n) is 7.31. The highest BCUT2D eigenvalue weighted by Gasteiger charge is 2.49. The maximum Gasteiger partial charge on any atom is -0.0352 e. The Morgan fingerprint density at radius 2 is 1.33 bits per heavy atom. The molecule has 6 atom stereocenters. The molecular weight excluding hydrogens is 216 g/mol. The summed E-state index contributed by atoms with van der Waals surface area (Å²) < 4.78 is 0. The van der Waals surface area contributed by atoms with Crippen molar-refractivity contribution in [3.63, 3.8) is 0 Å². The molecule has 18 heavy (non-hydrogen) atoms. The van der Waals surface area contributed by atoms with E-state index in [4.69, 9.17) is 0 Å². The third-order valence-corrected chi connectivity index (χ3v) is 7.31. The molecule has 0 heteroatoms. The lowest BCUT2D eigenvalue weighted by atomic mass is 9.67. The average molecular weight is 246 g/mol. The summed E-state index contributed by atoms with van der Waals surface area (Å²) in [6.45, 7) is 2.42. The van der Waals surface area contributed by atoms with Crippen molar-refractivity contribution >= 4 is 0 Å². The van der Waals surface area contributed by atoms with Crippen LogP contribution in [-0.4, -0.2) is 0 Å². The van der Waals surface area contributed by atoms with Crippen LogP contribution >= 0.6 is 0 Å². The fourth-order valence-corrected chi connectivity index (χ4v) is 6.72. The molecule has 0 aromatic heterocycles. The molecule has 0 aromatic carbocycles. The minimum Gasteiger partial charge on any atom is -0.0654 e. The first-order chi connectivity index (χ1) is 8.85. The Morgan fingerprint density at radius 1 is 0.778 bits per heavy atom. The summed E-state index contributed by atoms with van der Waals surface area (Å²) in [5.74, 6) is 8.08. The Hall–Kier alpha value is 0. The van der Waals surface area contributed by atoms with Crippen LogP contribution in [0.5, 0.6) is 0 Å². The summed E-state index contributed by atoms with van der Waals surface area (Å²) in [4.78, 5) is 0. The predicted octanol–water partition coefficient (Wildman–Crippen LogP) is 5.28. The van der Waals surface area contributed by atoms with E-state index in [1.807, 2.05) is 0 Å². The van der Waals surface area contributed by atoms with E-state index < -0.39 is 0 Å². The Labute approximate surface area is 113 Å². The summed E-state index contributed by atoms with van der Waals surface area (Å²) in [6, 6.07) is 0. The van der Waals surface area contributed by atoms with E-state index in [1.54, 1.807) is 57.8 Å². The van der Waals surface area contributed by atoms with Crippen LogP contribution in [0, 0.1) is 41.4 Å². The van der Waals surface area contributed by atoms with Gasteiger partial charge in [-0.1, -0.05) is 32.6 Å². The number of hydrogen-bond acceptors (Lipinski definition) is 0. The summed E-state index contributed by atoms with van der Waals surface area (Å²) in [5.41, 5.74) is 0. The van der Waals surface area contributed by atoms with Crippen LogP contribution in [-0.2, 0) is 0 Å². The zero-order valence-electron chi connectivity index (χ0n) is 12.1. The van der Waals surface area contributed by atoms with Gasteiger partial charge in [0.1, 0.15) is 0 Å². The van der Waals surface area contributed by atoms with Crippen LogP contribution in [0.2, 0.25) is 0 Å². The average Bonchev–Trinajstić information content (AvgIpc) is 3.13. The van der Waals surface area contributed by atoms with E-state index in [0.29, 0.717) is 0 Å². The van der Waals surface area contributed by atoms with Crippen molar-refractivity contribution in [1.29, 1.82) is 0 Å². The maximum absolute atomic E-state index is 2.42. The van der Waals surface area contributed by atoms with Crippen LogP contribution in [0.15, 0.2) is 0 Å². The highest BCUT2D eigenvalue weighted by Crippen LogP contribution is 2.59. The monoisotopic (exact) mass is 246 g/mol. The molecule has 0 amide bonds. The Bertz CT molecular complexity index is 279. The zero-order valence-corrected chi connectivity index (χ0v) is 12.1. The van der Waals surface area contributed by atoms with Crippen molar-refractivity contribution in [2.45, 2.75) is 71.1 Å². The fraction of sp³-hybridized carbons (Fsp3) is 1.00. The topological polar surface area (TPSA) is 0 Å². The van der Waals surface area contributed by atoms with Gasteiger partial charge in [-0.05, 0) is 80.0 Å². The summed E-state index contributed by atoms with van der Waals surface area (Å²) in [7, 11) is 0. The minimum absolute atomic E-state index is 1.14. The molecule has 4 saturated carbocycles. The molecule has 4 rings (SSSR count). The molecule has 0 heterocycles. The van der Waals surface area contributed by atoms with Crippen molar-refractivity contribution < 1.29 is 0 Å². The van der Waals surface area contributed by atoms with Crippen LogP contribution in [0.3, 0.4) is 0 Å². The van der Waals surface area contributed by atoms with Gasteiger partial charge in [-0.15, -0.1) is 0 Å². The Morgan fingerprint density at radius 3 is 1.67 bits per heavy atom. The van der Waals surface area contributed by atoms with Gasteiger partial charge in [0.2, 0.25) is 0 Å². The number of hydrogen-bond donors (Lipinski definition) is 0. The van der Waals surface area contributed by atoms with Crippen molar-refractivity contribution in [2.75, 3.05) is 0 Å². The molecule has 0 spiro atoms. The van der Waals surface area contributed by atoms with E-state index in [2.05, 4.69) is 6.92 Å².